The van der Waals surface area contributed by atoms with Crippen LogP contribution in [0.5, 0.6) is 5.75 Å². The normalized spacial score (nSPS) is 11.8. The molecule has 0 atom stereocenters. The highest BCUT2D eigenvalue weighted by Crippen LogP contribution is 2.23. The zero-order chi connectivity index (χ0) is 24.9. The van der Waals surface area contributed by atoms with Gasteiger partial charge in [-0.1, -0.05) is 0 Å². The Labute approximate surface area is 192 Å². The fourth-order valence-electron chi connectivity index (χ4n) is 2.84. The largest absolute Gasteiger partial charge is 0.573 e. The van der Waals surface area contributed by atoms with E-state index in [4.69, 9.17) is 0 Å². The van der Waals surface area contributed by atoms with E-state index in [-0.39, 0.29) is 29.5 Å². The van der Waals surface area contributed by atoms with Gasteiger partial charge in [0.1, 0.15) is 5.75 Å². The molecule has 0 saturated carbocycles. The summed E-state index contributed by atoms with van der Waals surface area (Å²) in [7, 11) is -2.35. The minimum absolute atomic E-state index is 0.206. The van der Waals surface area contributed by atoms with Gasteiger partial charge in [-0.3, -0.25) is 9.59 Å². The number of sulfonamides is 1. The average molecular weight is 496 g/mol. The number of aryl methyl sites for hydroxylation is 1. The van der Waals surface area contributed by atoms with Crippen molar-refractivity contribution in [2.75, 3.05) is 11.9 Å². The van der Waals surface area contributed by atoms with Gasteiger partial charge in [0.2, 0.25) is 21.7 Å². The van der Waals surface area contributed by atoms with E-state index in [1.54, 1.807) is 17.8 Å². The van der Waals surface area contributed by atoms with Crippen LogP contribution < -0.4 is 14.8 Å². The van der Waals surface area contributed by atoms with Crippen molar-refractivity contribution in [3.05, 3.63) is 72.3 Å². The number of ether oxygens (including phenoxy) is 1. The molecule has 13 heteroatoms. The van der Waals surface area contributed by atoms with E-state index in [2.05, 4.69) is 19.8 Å². The van der Waals surface area contributed by atoms with Gasteiger partial charge in [0.05, 0.1) is 4.90 Å². The van der Waals surface area contributed by atoms with Crippen molar-refractivity contribution in [3.8, 4) is 5.75 Å². The Morgan fingerprint density at radius 2 is 1.71 bits per heavy atom. The molecule has 0 fully saturated rings. The standard InChI is InChI=1S/C21H19F3N4O5S/c1-28-13-12-25-20(28)19(30)14-2-4-15(5-3-14)27-18(29)10-11-26-34(31,32)17-8-6-16(7-9-17)33-21(22,23)24/h2-9,12-13,26H,10-11H2,1H3,(H,27,29). The highest BCUT2D eigenvalue weighted by molar-refractivity contribution is 7.89. The molecule has 1 amide bonds. The number of nitrogens with zero attached hydrogens (tertiary/aromatic N) is 2. The summed E-state index contributed by atoms with van der Waals surface area (Å²) in [5, 5.41) is 2.58. The van der Waals surface area contributed by atoms with Gasteiger partial charge < -0.3 is 14.6 Å². The fourth-order valence-corrected chi connectivity index (χ4v) is 3.88. The summed E-state index contributed by atoms with van der Waals surface area (Å²) in [5.41, 5.74) is 0.788. The maximum Gasteiger partial charge on any atom is 0.573 e. The van der Waals surface area contributed by atoms with Crippen LogP contribution in [0.25, 0.3) is 0 Å². The molecule has 0 radical (unpaired) electrons. The molecule has 34 heavy (non-hydrogen) atoms. The first-order valence-corrected chi connectivity index (χ1v) is 11.2. The van der Waals surface area contributed by atoms with E-state index in [9.17, 15) is 31.2 Å². The third kappa shape index (κ3) is 6.65. The number of aromatic nitrogens is 2. The molecular formula is C21H19F3N4O5S. The lowest BCUT2D eigenvalue weighted by atomic mass is 10.1. The Hall–Kier alpha value is -3.71. The molecular weight excluding hydrogens is 477 g/mol. The molecule has 0 spiro atoms. The molecule has 1 heterocycles. The summed E-state index contributed by atoms with van der Waals surface area (Å²) in [6, 6.07) is 9.78. The summed E-state index contributed by atoms with van der Waals surface area (Å²) >= 11 is 0. The fraction of sp³-hybridized carbons (Fsp3) is 0.190. The topological polar surface area (TPSA) is 119 Å². The van der Waals surface area contributed by atoms with Gasteiger partial charge >= 0.3 is 6.36 Å². The minimum Gasteiger partial charge on any atom is -0.406 e. The van der Waals surface area contributed by atoms with Crippen molar-refractivity contribution in [1.29, 1.82) is 0 Å². The van der Waals surface area contributed by atoms with E-state index >= 15 is 0 Å². The molecule has 0 aliphatic heterocycles. The number of hydrogen-bond acceptors (Lipinski definition) is 6. The van der Waals surface area contributed by atoms with Crippen LogP contribution in [0.2, 0.25) is 0 Å². The maximum atomic E-state index is 12.4. The number of halogens is 3. The van der Waals surface area contributed by atoms with E-state index in [1.807, 2.05) is 0 Å². The monoisotopic (exact) mass is 496 g/mol. The van der Waals surface area contributed by atoms with Crippen molar-refractivity contribution in [2.24, 2.45) is 7.05 Å². The molecule has 0 bridgehead atoms. The number of alkyl halides is 3. The molecule has 0 aliphatic carbocycles. The Balaban J connectivity index is 1.50. The number of nitrogens with one attached hydrogen (secondary N) is 2. The second-order valence-electron chi connectivity index (χ2n) is 6.98. The van der Waals surface area contributed by atoms with Crippen molar-refractivity contribution in [2.45, 2.75) is 17.7 Å². The van der Waals surface area contributed by atoms with Crippen molar-refractivity contribution >= 4 is 27.4 Å². The third-order valence-corrected chi connectivity index (χ3v) is 5.94. The molecule has 0 aliphatic rings. The summed E-state index contributed by atoms with van der Waals surface area (Å²) in [6.45, 7) is -0.245. The van der Waals surface area contributed by atoms with Gasteiger partial charge in [-0.15, -0.1) is 13.2 Å². The van der Waals surface area contributed by atoms with E-state index in [1.165, 1.54) is 30.5 Å². The number of rotatable bonds is 9. The van der Waals surface area contributed by atoms with E-state index in [0.29, 0.717) is 11.3 Å². The van der Waals surface area contributed by atoms with Gasteiger partial charge in [-0.25, -0.2) is 18.1 Å². The quantitative estimate of drug-likeness (QED) is 0.440. The number of anilines is 1. The van der Waals surface area contributed by atoms with Crippen LogP contribution >= 0.6 is 0 Å². The van der Waals surface area contributed by atoms with Crippen molar-refractivity contribution in [3.63, 3.8) is 0 Å². The molecule has 3 aromatic rings. The van der Waals surface area contributed by atoms with E-state index in [0.717, 1.165) is 24.3 Å². The second kappa shape index (κ2) is 10.1. The number of ketones is 1. The van der Waals surface area contributed by atoms with Crippen LogP contribution in [0.3, 0.4) is 0 Å². The van der Waals surface area contributed by atoms with Crippen molar-refractivity contribution < 1.29 is 35.9 Å². The zero-order valence-corrected chi connectivity index (χ0v) is 18.5. The lowest BCUT2D eigenvalue weighted by Gasteiger charge is -2.10. The number of benzene rings is 2. The second-order valence-corrected chi connectivity index (χ2v) is 8.75. The molecule has 180 valence electrons. The van der Waals surface area contributed by atoms with Gasteiger partial charge in [0.25, 0.3) is 0 Å². The smallest absolute Gasteiger partial charge is 0.406 e. The van der Waals surface area contributed by atoms with Crippen LogP contribution in [-0.4, -0.2) is 42.6 Å². The molecule has 0 saturated heterocycles. The molecule has 2 aromatic carbocycles. The number of hydrogen-bond donors (Lipinski definition) is 2. The Bertz CT molecular complexity index is 1270. The number of carbonyl (C=O) groups is 2. The Kier molecular flexibility index (Phi) is 7.37. The lowest BCUT2D eigenvalue weighted by Crippen LogP contribution is -2.27. The zero-order valence-electron chi connectivity index (χ0n) is 17.7. The van der Waals surface area contributed by atoms with Crippen LogP contribution in [0, 0.1) is 0 Å². The number of imidazole rings is 1. The average Bonchev–Trinajstić information content (AvgIpc) is 3.18. The van der Waals surface area contributed by atoms with Crippen LogP contribution in [-0.2, 0) is 21.9 Å². The SMILES string of the molecule is Cn1ccnc1C(=O)c1ccc(NC(=O)CCNS(=O)(=O)c2ccc(OC(F)(F)F)cc2)cc1. The first kappa shape index (κ1) is 24.9. The highest BCUT2D eigenvalue weighted by Gasteiger charge is 2.31. The molecule has 9 nitrogen and oxygen atoms in total. The predicted molar refractivity (Wildman–Crippen MR) is 115 cm³/mol. The number of amides is 1. The molecule has 3 rings (SSSR count). The van der Waals surface area contributed by atoms with Gasteiger partial charge in [0.15, 0.2) is 5.82 Å². The predicted octanol–water partition coefficient (Wildman–Crippen LogP) is 2.86. The summed E-state index contributed by atoms with van der Waals surface area (Å²) < 4.78 is 68.6. The first-order chi connectivity index (χ1) is 15.9. The Morgan fingerprint density at radius 3 is 2.26 bits per heavy atom. The highest BCUT2D eigenvalue weighted by atomic mass is 32.2. The van der Waals surface area contributed by atoms with Crippen LogP contribution in [0.15, 0.2) is 65.8 Å². The van der Waals surface area contributed by atoms with Gasteiger partial charge in [0, 0.05) is 43.7 Å². The molecule has 2 N–H and O–H groups in total. The van der Waals surface area contributed by atoms with Gasteiger partial charge in [-0.05, 0) is 48.5 Å². The van der Waals surface area contributed by atoms with Gasteiger partial charge in [-0.2, -0.15) is 0 Å². The van der Waals surface area contributed by atoms with Crippen LogP contribution in [0.4, 0.5) is 18.9 Å². The van der Waals surface area contributed by atoms with Crippen molar-refractivity contribution in [1.82, 2.24) is 14.3 Å². The first-order valence-electron chi connectivity index (χ1n) is 9.72. The summed E-state index contributed by atoms with van der Waals surface area (Å²) in [4.78, 5) is 28.2. The summed E-state index contributed by atoms with van der Waals surface area (Å²) in [5.74, 6) is -1.05. The third-order valence-electron chi connectivity index (χ3n) is 4.47. The molecule has 1 aromatic heterocycles. The maximum absolute atomic E-state index is 12.4. The minimum atomic E-state index is -4.89. The van der Waals surface area contributed by atoms with Crippen LogP contribution in [0.1, 0.15) is 22.6 Å². The summed E-state index contributed by atoms with van der Waals surface area (Å²) in [6.07, 6.45) is -1.94. The molecule has 0 unspecified atom stereocenters. The van der Waals surface area contributed by atoms with E-state index < -0.39 is 28.0 Å². The Morgan fingerprint density at radius 1 is 1.06 bits per heavy atom. The number of carbonyl (C=O) groups excluding carboxylic acids is 2. The lowest BCUT2D eigenvalue weighted by molar-refractivity contribution is -0.274.